The quantitative estimate of drug-likeness (QED) is 0.399. The van der Waals surface area contributed by atoms with Crippen LogP contribution in [0, 0.1) is 13.8 Å². The molecular weight excluding hydrogens is 462 g/mol. The van der Waals surface area contributed by atoms with Crippen molar-refractivity contribution in [2.24, 2.45) is 0 Å². The molecule has 1 aliphatic heterocycles. The van der Waals surface area contributed by atoms with E-state index in [0.717, 1.165) is 16.7 Å². The van der Waals surface area contributed by atoms with Crippen LogP contribution in [0.15, 0.2) is 72.8 Å². The summed E-state index contributed by atoms with van der Waals surface area (Å²) in [5.74, 6) is -1.49. The lowest BCUT2D eigenvalue weighted by Gasteiger charge is -2.42. The Hall–Kier alpha value is -3.90. The van der Waals surface area contributed by atoms with E-state index in [9.17, 15) is 14.4 Å². The highest BCUT2D eigenvalue weighted by Gasteiger charge is 2.55. The van der Waals surface area contributed by atoms with Gasteiger partial charge in [0.2, 0.25) is 5.54 Å². The third-order valence-corrected chi connectivity index (χ3v) is 7.04. The molecule has 7 heteroatoms. The zero-order chi connectivity index (χ0) is 24.9. The highest BCUT2D eigenvalue weighted by molar-refractivity contribution is 6.32. The zero-order valence-corrected chi connectivity index (χ0v) is 20.4. The number of halogens is 1. The van der Waals surface area contributed by atoms with Crippen LogP contribution in [0.1, 0.15) is 38.9 Å². The maximum Gasteiger partial charge on any atom is 0.276 e. The largest absolute Gasteiger partial charge is 0.350 e. The lowest BCUT2D eigenvalue weighted by atomic mass is 9.91. The number of nitrogens with one attached hydrogen (secondary N) is 1. The van der Waals surface area contributed by atoms with E-state index < -0.39 is 23.3 Å². The highest BCUT2D eigenvalue weighted by atomic mass is 35.5. The number of aromatic nitrogens is 1. The molecule has 0 unspecified atom stereocenters. The topological polar surface area (TPSA) is 71.4 Å². The maximum absolute atomic E-state index is 14.2. The number of amides is 2. The number of nitrogens with zero attached hydrogens (tertiary/aromatic N) is 2. The van der Waals surface area contributed by atoms with Gasteiger partial charge in [-0.1, -0.05) is 54.1 Å². The Kier molecular flexibility index (Phi) is 5.49. The molecule has 0 aliphatic carbocycles. The van der Waals surface area contributed by atoms with Crippen molar-refractivity contribution in [2.45, 2.75) is 32.9 Å². The summed E-state index contributed by atoms with van der Waals surface area (Å²) in [6, 6.07) is 21.7. The predicted octanol–water partition coefficient (Wildman–Crippen LogP) is 5.29. The molecule has 0 saturated carbocycles. The van der Waals surface area contributed by atoms with Crippen molar-refractivity contribution >= 4 is 45.9 Å². The van der Waals surface area contributed by atoms with Crippen LogP contribution < -0.4 is 10.2 Å². The van der Waals surface area contributed by atoms with Crippen LogP contribution >= 0.6 is 11.6 Å². The molecule has 0 saturated heterocycles. The van der Waals surface area contributed by atoms with Crippen molar-refractivity contribution in [3.63, 3.8) is 0 Å². The van der Waals surface area contributed by atoms with Gasteiger partial charge in [0.15, 0.2) is 0 Å². The van der Waals surface area contributed by atoms with Crippen LogP contribution in [0.4, 0.5) is 5.69 Å². The fraction of sp³-hybridized carbons (Fsp3) is 0.179. The van der Waals surface area contributed by atoms with Crippen LogP contribution in [-0.4, -0.2) is 27.8 Å². The van der Waals surface area contributed by atoms with E-state index >= 15 is 0 Å². The Bertz CT molecular complexity index is 1510. The van der Waals surface area contributed by atoms with E-state index in [2.05, 4.69) is 5.32 Å². The number of aryl methyl sites for hydroxylation is 1. The molecule has 1 atom stereocenters. The van der Waals surface area contributed by atoms with Crippen molar-refractivity contribution in [3.05, 3.63) is 100 Å². The molecule has 3 aromatic carbocycles. The average Bonchev–Trinajstić information content (AvgIpc) is 3.23. The highest BCUT2D eigenvalue weighted by Crippen LogP contribution is 2.38. The first-order valence-corrected chi connectivity index (χ1v) is 11.7. The Morgan fingerprint density at radius 1 is 0.971 bits per heavy atom. The van der Waals surface area contributed by atoms with Crippen molar-refractivity contribution in [1.29, 1.82) is 0 Å². The minimum Gasteiger partial charge on any atom is -0.350 e. The molecule has 1 aliphatic rings. The van der Waals surface area contributed by atoms with Crippen LogP contribution in [-0.2, 0) is 11.3 Å². The van der Waals surface area contributed by atoms with Crippen LogP contribution in [0.3, 0.4) is 0 Å². The van der Waals surface area contributed by atoms with Gasteiger partial charge in [0, 0.05) is 22.6 Å². The molecule has 2 heterocycles. The Balaban J connectivity index is 1.69. The first-order valence-electron chi connectivity index (χ1n) is 11.3. The summed E-state index contributed by atoms with van der Waals surface area (Å²) in [6.45, 7) is 5.56. The summed E-state index contributed by atoms with van der Waals surface area (Å²) >= 11 is 6.17. The molecule has 4 aromatic rings. The molecule has 5 rings (SSSR count). The predicted molar refractivity (Wildman–Crippen MR) is 137 cm³/mol. The molecule has 0 bridgehead atoms. The van der Waals surface area contributed by atoms with Crippen molar-refractivity contribution in [1.82, 2.24) is 9.88 Å². The molecule has 2 amide bonds. The van der Waals surface area contributed by atoms with Crippen molar-refractivity contribution in [3.8, 4) is 0 Å². The molecule has 0 spiro atoms. The number of rotatable bonds is 4. The summed E-state index contributed by atoms with van der Waals surface area (Å²) in [5, 5.41) is 4.04. The lowest BCUT2D eigenvalue weighted by Crippen LogP contribution is -2.68. The number of carbonyl (C=O) groups excluding carboxylic acids is 3. The standard InChI is InChI=1S/C28H24ClN3O3/c1-17-8-7-11-22(18(17)2)32-25(33)24-15-20-14-21(29)12-13-23(20)31(24)27(35)28(32,3)26(34)30-16-19-9-5-4-6-10-19/h4-15H,16H2,1-3H3,(H,30,34)/t28-/m0/s1. The van der Waals surface area contributed by atoms with Gasteiger partial charge in [-0.25, -0.2) is 0 Å². The Morgan fingerprint density at radius 2 is 1.71 bits per heavy atom. The van der Waals surface area contributed by atoms with E-state index in [1.165, 1.54) is 16.4 Å². The van der Waals surface area contributed by atoms with E-state index in [1.54, 1.807) is 30.3 Å². The number of hydrogen-bond acceptors (Lipinski definition) is 3. The second-order valence-corrected chi connectivity index (χ2v) is 9.41. The Morgan fingerprint density at radius 3 is 2.46 bits per heavy atom. The second kappa shape index (κ2) is 8.40. The molecule has 0 radical (unpaired) electrons. The first kappa shape index (κ1) is 22.9. The van der Waals surface area contributed by atoms with E-state index in [-0.39, 0.29) is 12.2 Å². The van der Waals surface area contributed by atoms with Gasteiger partial charge in [0.05, 0.1) is 5.52 Å². The van der Waals surface area contributed by atoms with Gasteiger partial charge in [0.1, 0.15) is 5.69 Å². The van der Waals surface area contributed by atoms with Crippen LogP contribution in [0.25, 0.3) is 10.9 Å². The molecule has 176 valence electrons. The van der Waals surface area contributed by atoms with Crippen molar-refractivity contribution < 1.29 is 14.4 Å². The lowest BCUT2D eigenvalue weighted by molar-refractivity contribution is -0.124. The summed E-state index contributed by atoms with van der Waals surface area (Å²) in [5.41, 5.74) is 2.10. The molecular formula is C28H24ClN3O3. The fourth-order valence-electron chi connectivity index (χ4n) is 4.67. The number of anilines is 1. The minimum absolute atomic E-state index is 0.196. The smallest absolute Gasteiger partial charge is 0.276 e. The SMILES string of the molecule is Cc1cccc(N2C(=O)c3cc4cc(Cl)ccc4n3C(=O)[C@]2(C)C(=O)NCc2ccccc2)c1C. The molecule has 6 nitrogen and oxygen atoms in total. The molecule has 1 aromatic heterocycles. The third kappa shape index (κ3) is 3.53. The normalized spacial score (nSPS) is 17.5. The number of fused-ring (bicyclic) bond motifs is 3. The average molecular weight is 486 g/mol. The van der Waals surface area contributed by atoms with E-state index in [0.29, 0.717) is 21.6 Å². The Labute approximate surface area is 208 Å². The van der Waals surface area contributed by atoms with Crippen LogP contribution in [0.2, 0.25) is 5.02 Å². The van der Waals surface area contributed by atoms with Gasteiger partial charge in [-0.05, 0) is 67.8 Å². The zero-order valence-electron chi connectivity index (χ0n) is 19.6. The number of hydrogen-bond donors (Lipinski definition) is 1. The summed E-state index contributed by atoms with van der Waals surface area (Å²) in [6.07, 6.45) is 0. The van der Waals surface area contributed by atoms with Gasteiger partial charge < -0.3 is 5.32 Å². The van der Waals surface area contributed by atoms with Gasteiger partial charge in [-0.15, -0.1) is 0 Å². The fourth-order valence-corrected chi connectivity index (χ4v) is 4.85. The molecule has 35 heavy (non-hydrogen) atoms. The van der Waals surface area contributed by atoms with Gasteiger partial charge in [-0.2, -0.15) is 0 Å². The monoisotopic (exact) mass is 485 g/mol. The van der Waals surface area contributed by atoms with Gasteiger partial charge in [-0.3, -0.25) is 23.9 Å². The summed E-state index contributed by atoms with van der Waals surface area (Å²) in [4.78, 5) is 43.3. The number of carbonyl (C=O) groups is 3. The molecule has 1 N–H and O–H groups in total. The second-order valence-electron chi connectivity index (χ2n) is 8.97. The first-order chi connectivity index (χ1) is 16.7. The minimum atomic E-state index is -1.82. The van der Waals surface area contributed by atoms with E-state index in [4.69, 9.17) is 11.6 Å². The van der Waals surface area contributed by atoms with Crippen molar-refractivity contribution in [2.75, 3.05) is 4.90 Å². The van der Waals surface area contributed by atoms with Gasteiger partial charge >= 0.3 is 0 Å². The third-order valence-electron chi connectivity index (χ3n) is 6.81. The molecule has 0 fully saturated rings. The van der Waals surface area contributed by atoms with Gasteiger partial charge in [0.25, 0.3) is 17.7 Å². The summed E-state index contributed by atoms with van der Waals surface area (Å²) in [7, 11) is 0. The maximum atomic E-state index is 14.2. The number of benzene rings is 3. The van der Waals surface area contributed by atoms with Crippen LogP contribution in [0.5, 0.6) is 0 Å². The van der Waals surface area contributed by atoms with E-state index in [1.807, 2.05) is 56.3 Å². The summed E-state index contributed by atoms with van der Waals surface area (Å²) < 4.78 is 1.34.